The SMILES string of the molecule is CCN(CC(=O)Nc1ccccc1C(N)=S)c1cccc(C)c1. The van der Waals surface area contributed by atoms with E-state index in [0.29, 0.717) is 11.3 Å². The van der Waals surface area contributed by atoms with Crippen LogP contribution in [0.1, 0.15) is 18.1 Å². The van der Waals surface area contributed by atoms with Crippen molar-refractivity contribution in [3.05, 3.63) is 59.7 Å². The van der Waals surface area contributed by atoms with Gasteiger partial charge >= 0.3 is 0 Å². The Morgan fingerprint density at radius 3 is 2.61 bits per heavy atom. The topological polar surface area (TPSA) is 58.4 Å². The molecule has 3 N–H and O–H groups in total. The van der Waals surface area contributed by atoms with Crippen LogP contribution in [-0.2, 0) is 4.79 Å². The number of rotatable bonds is 6. The van der Waals surface area contributed by atoms with Crippen LogP contribution in [0.15, 0.2) is 48.5 Å². The second-order valence-electron chi connectivity index (χ2n) is 5.31. The molecule has 0 saturated carbocycles. The Bertz CT molecular complexity index is 715. The Labute approximate surface area is 142 Å². The molecule has 0 atom stereocenters. The van der Waals surface area contributed by atoms with Crippen LogP contribution < -0.4 is 16.0 Å². The monoisotopic (exact) mass is 327 g/mol. The summed E-state index contributed by atoms with van der Waals surface area (Å²) in [5.41, 5.74) is 9.21. The van der Waals surface area contributed by atoms with Gasteiger partial charge in [0.05, 0.1) is 12.2 Å². The molecule has 0 fully saturated rings. The third-order valence-corrected chi connectivity index (χ3v) is 3.77. The largest absolute Gasteiger partial charge is 0.389 e. The molecule has 0 radical (unpaired) electrons. The van der Waals surface area contributed by atoms with Gasteiger partial charge in [0.2, 0.25) is 5.91 Å². The van der Waals surface area contributed by atoms with Gasteiger partial charge in [-0.3, -0.25) is 4.79 Å². The maximum Gasteiger partial charge on any atom is 0.243 e. The molecule has 2 aromatic rings. The van der Waals surface area contributed by atoms with Gasteiger partial charge in [0.15, 0.2) is 0 Å². The third kappa shape index (κ3) is 4.53. The van der Waals surface area contributed by atoms with E-state index >= 15 is 0 Å². The van der Waals surface area contributed by atoms with E-state index in [1.165, 1.54) is 5.56 Å². The fourth-order valence-electron chi connectivity index (χ4n) is 2.38. The minimum Gasteiger partial charge on any atom is -0.389 e. The van der Waals surface area contributed by atoms with E-state index in [1.807, 2.05) is 49.1 Å². The van der Waals surface area contributed by atoms with E-state index in [9.17, 15) is 4.79 Å². The van der Waals surface area contributed by atoms with Gasteiger partial charge < -0.3 is 16.0 Å². The van der Waals surface area contributed by atoms with Crippen LogP contribution in [0.25, 0.3) is 0 Å². The van der Waals surface area contributed by atoms with E-state index in [1.54, 1.807) is 12.1 Å². The van der Waals surface area contributed by atoms with Crippen molar-refractivity contribution in [2.75, 3.05) is 23.3 Å². The summed E-state index contributed by atoms with van der Waals surface area (Å²) in [7, 11) is 0. The number of hydrogen-bond donors (Lipinski definition) is 2. The summed E-state index contributed by atoms with van der Waals surface area (Å²) in [4.78, 5) is 14.7. The summed E-state index contributed by atoms with van der Waals surface area (Å²) in [5.74, 6) is -0.0999. The molecule has 0 aromatic heterocycles. The number of thiocarbonyl (C=S) groups is 1. The highest BCUT2D eigenvalue weighted by atomic mass is 32.1. The van der Waals surface area contributed by atoms with Gasteiger partial charge in [-0.2, -0.15) is 0 Å². The van der Waals surface area contributed by atoms with Crippen LogP contribution in [0.2, 0.25) is 0 Å². The van der Waals surface area contributed by atoms with Crippen molar-refractivity contribution in [1.29, 1.82) is 0 Å². The lowest BCUT2D eigenvalue weighted by Gasteiger charge is -2.23. The number of amides is 1. The summed E-state index contributed by atoms with van der Waals surface area (Å²) < 4.78 is 0. The lowest BCUT2D eigenvalue weighted by atomic mass is 10.1. The number of aryl methyl sites for hydroxylation is 1. The Morgan fingerprint density at radius 2 is 1.96 bits per heavy atom. The fourth-order valence-corrected chi connectivity index (χ4v) is 2.56. The third-order valence-electron chi connectivity index (χ3n) is 3.55. The molecule has 0 aliphatic heterocycles. The molecule has 1 amide bonds. The normalized spacial score (nSPS) is 10.2. The maximum absolute atomic E-state index is 12.4. The molecular formula is C18H21N3OS. The van der Waals surface area contributed by atoms with Crippen LogP contribution in [0, 0.1) is 6.92 Å². The lowest BCUT2D eigenvalue weighted by Crippen LogP contribution is -2.33. The molecule has 0 aliphatic rings. The molecule has 2 aromatic carbocycles. The summed E-state index contributed by atoms with van der Waals surface area (Å²) >= 11 is 5.02. The molecule has 120 valence electrons. The van der Waals surface area contributed by atoms with Crippen molar-refractivity contribution in [3.8, 4) is 0 Å². The molecule has 0 bridgehead atoms. The van der Waals surface area contributed by atoms with Gasteiger partial charge in [0.25, 0.3) is 0 Å². The van der Waals surface area contributed by atoms with Gasteiger partial charge in [0.1, 0.15) is 4.99 Å². The number of carbonyl (C=O) groups is 1. The highest BCUT2D eigenvalue weighted by Gasteiger charge is 2.12. The highest BCUT2D eigenvalue weighted by Crippen LogP contribution is 2.17. The molecule has 2 rings (SSSR count). The molecule has 0 aliphatic carbocycles. The van der Waals surface area contributed by atoms with Crippen molar-refractivity contribution in [2.45, 2.75) is 13.8 Å². The Kier molecular flexibility index (Phi) is 5.71. The van der Waals surface area contributed by atoms with E-state index in [0.717, 1.165) is 12.2 Å². The maximum atomic E-state index is 12.4. The minimum absolute atomic E-state index is 0.0999. The molecule has 0 saturated heterocycles. The zero-order chi connectivity index (χ0) is 16.8. The Balaban J connectivity index is 2.11. The number of anilines is 2. The summed E-state index contributed by atoms with van der Waals surface area (Å²) in [5, 5.41) is 2.89. The van der Waals surface area contributed by atoms with Gasteiger partial charge in [0, 0.05) is 17.8 Å². The number of nitrogens with one attached hydrogen (secondary N) is 1. The average molecular weight is 327 g/mol. The lowest BCUT2D eigenvalue weighted by molar-refractivity contribution is -0.115. The predicted molar refractivity (Wildman–Crippen MR) is 100 cm³/mol. The number of benzene rings is 2. The van der Waals surface area contributed by atoms with E-state index in [4.69, 9.17) is 18.0 Å². The molecular weight excluding hydrogens is 306 g/mol. The average Bonchev–Trinajstić information content (AvgIpc) is 2.53. The molecule has 0 heterocycles. The van der Waals surface area contributed by atoms with Gasteiger partial charge in [-0.25, -0.2) is 0 Å². The Morgan fingerprint density at radius 1 is 1.22 bits per heavy atom. The van der Waals surface area contributed by atoms with Crippen LogP contribution in [0.4, 0.5) is 11.4 Å². The van der Waals surface area contributed by atoms with Crippen molar-refractivity contribution >= 4 is 34.5 Å². The van der Waals surface area contributed by atoms with Crippen molar-refractivity contribution in [2.24, 2.45) is 5.73 Å². The standard InChI is InChI=1S/C18H21N3OS/c1-3-21(14-8-6-7-13(2)11-14)12-17(22)20-16-10-5-4-9-15(16)18(19)23/h4-11H,3,12H2,1-2H3,(H2,19,23)(H,20,22). The first-order valence-corrected chi connectivity index (χ1v) is 7.92. The number of nitrogens with two attached hydrogens (primary N) is 1. The number of likely N-dealkylation sites (N-methyl/N-ethyl adjacent to an activating group) is 1. The number of para-hydroxylation sites is 1. The highest BCUT2D eigenvalue weighted by molar-refractivity contribution is 7.80. The van der Waals surface area contributed by atoms with Crippen molar-refractivity contribution in [1.82, 2.24) is 0 Å². The number of hydrogen-bond acceptors (Lipinski definition) is 3. The van der Waals surface area contributed by atoms with E-state index in [2.05, 4.69) is 11.4 Å². The van der Waals surface area contributed by atoms with E-state index in [-0.39, 0.29) is 17.4 Å². The van der Waals surface area contributed by atoms with Gasteiger partial charge in [-0.05, 0) is 43.7 Å². The first-order chi connectivity index (χ1) is 11.0. The van der Waals surface area contributed by atoms with Crippen LogP contribution in [-0.4, -0.2) is 24.0 Å². The molecule has 0 unspecified atom stereocenters. The first-order valence-electron chi connectivity index (χ1n) is 7.51. The summed E-state index contributed by atoms with van der Waals surface area (Å²) in [6, 6.07) is 15.4. The fraction of sp³-hybridized carbons (Fsp3) is 0.222. The summed E-state index contributed by atoms with van der Waals surface area (Å²) in [6.07, 6.45) is 0. The van der Waals surface area contributed by atoms with E-state index < -0.39 is 0 Å². The predicted octanol–water partition coefficient (Wildman–Crippen LogP) is 3.09. The molecule has 23 heavy (non-hydrogen) atoms. The minimum atomic E-state index is -0.0999. The summed E-state index contributed by atoms with van der Waals surface area (Å²) in [6.45, 7) is 5.08. The number of carbonyl (C=O) groups excluding carboxylic acids is 1. The van der Waals surface area contributed by atoms with Gasteiger partial charge in [-0.1, -0.05) is 36.5 Å². The van der Waals surface area contributed by atoms with Crippen LogP contribution in [0.3, 0.4) is 0 Å². The smallest absolute Gasteiger partial charge is 0.243 e. The first kappa shape index (κ1) is 17.0. The van der Waals surface area contributed by atoms with Crippen LogP contribution >= 0.6 is 12.2 Å². The second kappa shape index (κ2) is 7.74. The Hall–Kier alpha value is -2.40. The number of nitrogens with zero attached hydrogens (tertiary/aromatic N) is 1. The molecule has 5 heteroatoms. The van der Waals surface area contributed by atoms with Gasteiger partial charge in [-0.15, -0.1) is 0 Å². The molecule has 4 nitrogen and oxygen atoms in total. The molecule has 0 spiro atoms. The zero-order valence-electron chi connectivity index (χ0n) is 13.4. The van der Waals surface area contributed by atoms with Crippen molar-refractivity contribution in [3.63, 3.8) is 0 Å². The quantitative estimate of drug-likeness (QED) is 0.801. The second-order valence-corrected chi connectivity index (χ2v) is 5.75. The van der Waals surface area contributed by atoms with Crippen molar-refractivity contribution < 1.29 is 4.79 Å². The zero-order valence-corrected chi connectivity index (χ0v) is 14.2. The van der Waals surface area contributed by atoms with Crippen LogP contribution in [0.5, 0.6) is 0 Å².